The molecule has 2 unspecified atom stereocenters. The van der Waals surface area contributed by atoms with Crippen LogP contribution in [0, 0.1) is 0 Å². The highest BCUT2D eigenvalue weighted by atomic mass is 31.1. The first kappa shape index (κ1) is 24.5. The van der Waals surface area contributed by atoms with Gasteiger partial charge >= 0.3 is 14.1 Å². The van der Waals surface area contributed by atoms with Crippen LogP contribution in [0.4, 0.5) is 11.8 Å². The zero-order valence-electron chi connectivity index (χ0n) is 18.9. The zero-order valence-corrected chi connectivity index (χ0v) is 19.8. The Morgan fingerprint density at radius 1 is 1.37 bits per heavy atom. The number of aromatic nitrogens is 4. The second kappa shape index (κ2) is 9.96. The van der Waals surface area contributed by atoms with Gasteiger partial charge in [0.1, 0.15) is 12.1 Å². The van der Waals surface area contributed by atoms with E-state index in [2.05, 4.69) is 19.7 Å². The third kappa shape index (κ3) is 5.25. The normalized spacial score (nSPS) is 20.0. The Bertz CT molecular complexity index is 1270. The van der Waals surface area contributed by atoms with Gasteiger partial charge in [0.2, 0.25) is 11.7 Å². The van der Waals surface area contributed by atoms with Crippen molar-refractivity contribution in [2.75, 3.05) is 24.7 Å². The first-order valence-corrected chi connectivity index (χ1v) is 11.7. The van der Waals surface area contributed by atoms with Gasteiger partial charge in [-0.1, -0.05) is 23.8 Å². The summed E-state index contributed by atoms with van der Waals surface area (Å²) in [5.74, 6) is -0.617. The van der Waals surface area contributed by atoms with Crippen LogP contribution < -0.4 is 25.6 Å². The lowest BCUT2D eigenvalue weighted by Crippen LogP contribution is -2.32. The molecular weight excluding hydrogens is 481 g/mol. The summed E-state index contributed by atoms with van der Waals surface area (Å²) in [6, 6.07) is 6.50. The van der Waals surface area contributed by atoms with E-state index in [1.807, 2.05) is 0 Å². The zero-order chi connectivity index (χ0) is 25.2. The summed E-state index contributed by atoms with van der Waals surface area (Å²) < 4.78 is 28.2. The van der Waals surface area contributed by atoms with Gasteiger partial charge in [-0.25, -0.2) is 9.78 Å². The minimum Gasteiger partial charge on any atom is -0.575 e. The summed E-state index contributed by atoms with van der Waals surface area (Å²) in [6.07, 6.45) is 0.372. The standard InChI is InChI=1S/C20H24N7O7P/c1-3-20(2,18(28)29)26-35(30)34-12-7-5-4-6-11(12)31-9-14-32-8-13(33-14)27-10-23-15-16(21)24-19(22)25-17(15)27/h4-7,10,13-14H,3,8-9H2,1-2H3,(H,28,29)(H4,21,22,24,25)/t13-,14?,20-/m1/s1. The molecule has 1 aliphatic heterocycles. The summed E-state index contributed by atoms with van der Waals surface area (Å²) in [4.78, 5) is 36.1. The quantitative estimate of drug-likeness (QED) is 0.353. The maximum atomic E-state index is 12.4. The molecule has 3 aromatic rings. The van der Waals surface area contributed by atoms with Crippen LogP contribution >= 0.6 is 8.17 Å². The number of hydrogen-bond donors (Lipinski definition) is 3. The molecule has 4 atom stereocenters. The molecule has 15 heteroatoms. The van der Waals surface area contributed by atoms with Gasteiger partial charge < -0.3 is 35.7 Å². The number of carbonyl (C=O) groups is 1. The van der Waals surface area contributed by atoms with Crippen molar-refractivity contribution >= 4 is 37.1 Å². The summed E-state index contributed by atoms with van der Waals surface area (Å²) >= 11 is 0. The number of nitrogens with zero attached hydrogens (tertiary/aromatic N) is 5. The molecule has 1 saturated heterocycles. The average molecular weight is 505 g/mol. The number of nitrogen functional groups attached to an aromatic ring is 2. The van der Waals surface area contributed by atoms with Crippen LogP contribution in [-0.2, 0) is 14.3 Å². The molecule has 0 bridgehead atoms. The molecule has 0 radical (unpaired) electrons. The minimum atomic E-state index is -2.67. The number of imidazole rings is 1. The maximum absolute atomic E-state index is 12.4. The van der Waals surface area contributed by atoms with E-state index in [1.54, 1.807) is 29.7 Å². The van der Waals surface area contributed by atoms with Gasteiger partial charge in [-0.2, -0.15) is 9.97 Å². The number of fused-ring (bicyclic) bond motifs is 1. The van der Waals surface area contributed by atoms with E-state index in [9.17, 15) is 14.8 Å². The molecule has 3 heterocycles. The summed E-state index contributed by atoms with van der Waals surface area (Å²) in [5, 5.41) is 9.33. The summed E-state index contributed by atoms with van der Waals surface area (Å²) in [5.41, 5.74) is 10.8. The molecule has 0 aliphatic carbocycles. The van der Waals surface area contributed by atoms with Crippen molar-refractivity contribution in [3.63, 3.8) is 0 Å². The molecule has 35 heavy (non-hydrogen) atoms. The van der Waals surface area contributed by atoms with Gasteiger partial charge in [-0.3, -0.25) is 9.09 Å². The summed E-state index contributed by atoms with van der Waals surface area (Å²) in [7, 11) is -2.67. The Morgan fingerprint density at radius 3 is 2.83 bits per heavy atom. The highest BCUT2D eigenvalue weighted by molar-refractivity contribution is 7.34. The lowest BCUT2D eigenvalue weighted by atomic mass is 10.0. The van der Waals surface area contributed by atoms with Crippen molar-refractivity contribution < 1.29 is 33.5 Å². The SMILES string of the molecule is CC[C@@](C)(N=[P+]([O-])Oc1ccccc1OCC1OC[C@H](n2cnc3c(N)nc(N)nc32)O1)C(=O)O. The van der Waals surface area contributed by atoms with Gasteiger partial charge in [0, 0.05) is 0 Å². The molecule has 0 amide bonds. The Morgan fingerprint density at radius 2 is 2.11 bits per heavy atom. The molecule has 186 valence electrons. The van der Waals surface area contributed by atoms with E-state index >= 15 is 0 Å². The van der Waals surface area contributed by atoms with Gasteiger partial charge in [0.05, 0.1) is 12.9 Å². The number of anilines is 2. The van der Waals surface area contributed by atoms with Crippen LogP contribution in [0.1, 0.15) is 26.5 Å². The molecule has 0 spiro atoms. The second-order valence-corrected chi connectivity index (χ2v) is 8.62. The average Bonchev–Trinajstić information content (AvgIpc) is 3.45. The Labute approximate surface area is 200 Å². The van der Waals surface area contributed by atoms with Gasteiger partial charge in [0.25, 0.3) is 0 Å². The molecule has 5 N–H and O–H groups in total. The molecule has 1 fully saturated rings. The van der Waals surface area contributed by atoms with Crippen LogP contribution in [0.2, 0.25) is 0 Å². The van der Waals surface area contributed by atoms with E-state index in [0.29, 0.717) is 11.2 Å². The molecule has 0 saturated carbocycles. The Hall–Kier alpha value is -3.58. The number of carboxylic acid groups (broad SMARTS) is 1. The number of aliphatic carboxylic acids is 1. The van der Waals surface area contributed by atoms with Crippen LogP contribution in [-0.4, -0.2) is 55.6 Å². The van der Waals surface area contributed by atoms with Gasteiger partial charge in [0.15, 0.2) is 35.3 Å². The molecule has 1 aliphatic rings. The van der Waals surface area contributed by atoms with Crippen molar-refractivity contribution in [3.8, 4) is 11.5 Å². The van der Waals surface area contributed by atoms with Gasteiger partial charge in [-0.05, 0) is 25.5 Å². The van der Waals surface area contributed by atoms with E-state index in [0.717, 1.165) is 0 Å². The van der Waals surface area contributed by atoms with Crippen molar-refractivity contribution in [1.82, 2.24) is 19.5 Å². The molecule has 4 rings (SSSR count). The lowest BCUT2D eigenvalue weighted by Gasteiger charge is -2.15. The van der Waals surface area contributed by atoms with Crippen molar-refractivity contribution in [3.05, 3.63) is 30.6 Å². The molecular formula is C20H24N7O7P. The first-order valence-electron chi connectivity index (χ1n) is 10.6. The number of para-hydroxylation sites is 2. The number of nitrogens with two attached hydrogens (primary N) is 2. The van der Waals surface area contributed by atoms with Crippen molar-refractivity contribution in [2.24, 2.45) is 4.74 Å². The Balaban J connectivity index is 1.41. The second-order valence-electron chi connectivity index (χ2n) is 7.76. The van der Waals surface area contributed by atoms with Crippen molar-refractivity contribution in [1.29, 1.82) is 0 Å². The fraction of sp³-hybridized carbons (Fsp3) is 0.400. The smallest absolute Gasteiger partial charge is 0.395 e. The van der Waals surface area contributed by atoms with Crippen LogP contribution in [0.25, 0.3) is 11.2 Å². The van der Waals surface area contributed by atoms with Gasteiger partial charge in [-0.15, -0.1) is 0 Å². The molecule has 1 aromatic carbocycles. The van der Waals surface area contributed by atoms with Crippen LogP contribution in [0.5, 0.6) is 11.5 Å². The lowest BCUT2D eigenvalue weighted by molar-refractivity contribution is -0.170. The number of benzene rings is 1. The number of hydrogen-bond acceptors (Lipinski definition) is 12. The fourth-order valence-electron chi connectivity index (χ4n) is 3.20. The minimum absolute atomic E-state index is 0.0137. The van der Waals surface area contributed by atoms with Crippen LogP contribution in [0.3, 0.4) is 0 Å². The molecule has 14 nitrogen and oxygen atoms in total. The van der Waals surface area contributed by atoms with E-state index < -0.39 is 32.2 Å². The topological polar surface area (TPSA) is 205 Å². The Kier molecular flexibility index (Phi) is 6.98. The third-order valence-corrected chi connectivity index (χ3v) is 6.32. The number of ether oxygens (including phenoxy) is 3. The van der Waals surface area contributed by atoms with Crippen LogP contribution in [0.15, 0.2) is 35.3 Å². The van der Waals surface area contributed by atoms with Crippen molar-refractivity contribution in [2.45, 2.75) is 38.3 Å². The largest absolute Gasteiger partial charge is 0.575 e. The monoisotopic (exact) mass is 505 g/mol. The maximum Gasteiger partial charge on any atom is 0.395 e. The van der Waals surface area contributed by atoms with E-state index in [4.69, 9.17) is 30.2 Å². The third-order valence-electron chi connectivity index (χ3n) is 5.36. The fourth-order valence-corrected chi connectivity index (χ4v) is 4.14. The first-order chi connectivity index (χ1) is 16.7. The highest BCUT2D eigenvalue weighted by Crippen LogP contribution is 2.35. The highest BCUT2D eigenvalue weighted by Gasteiger charge is 2.35. The summed E-state index contributed by atoms with van der Waals surface area (Å²) in [6.45, 7) is 3.18. The molecule has 2 aromatic heterocycles. The number of rotatable bonds is 9. The predicted octanol–water partition coefficient (Wildman–Crippen LogP) is 1.43. The van der Waals surface area contributed by atoms with E-state index in [-0.39, 0.29) is 42.9 Å². The van der Waals surface area contributed by atoms with E-state index in [1.165, 1.54) is 19.3 Å². The predicted molar refractivity (Wildman–Crippen MR) is 122 cm³/mol. The number of carboxylic acids is 1.